The van der Waals surface area contributed by atoms with Crippen LogP contribution in [0.4, 0.5) is 11.8 Å². The van der Waals surface area contributed by atoms with E-state index in [4.69, 9.17) is 16.2 Å². The Bertz CT molecular complexity index is 530. The predicted octanol–water partition coefficient (Wildman–Crippen LogP) is 0.0212. The van der Waals surface area contributed by atoms with Crippen molar-refractivity contribution in [2.24, 2.45) is 0 Å². The molecule has 0 aliphatic carbocycles. The maximum atomic E-state index is 5.74. The van der Waals surface area contributed by atoms with Crippen LogP contribution < -0.4 is 11.5 Å². The van der Waals surface area contributed by atoms with Gasteiger partial charge in [-0.1, -0.05) is 0 Å². The Hall–Kier alpha value is -1.89. The van der Waals surface area contributed by atoms with Gasteiger partial charge < -0.3 is 21.2 Å². The number of fused-ring (bicyclic) bond motifs is 1. The highest BCUT2D eigenvalue weighted by Gasteiger charge is 2.22. The highest BCUT2D eigenvalue weighted by Crippen LogP contribution is 2.25. The Kier molecular flexibility index (Phi) is 1.93. The summed E-state index contributed by atoms with van der Waals surface area (Å²) in [5.41, 5.74) is 12.4. The summed E-state index contributed by atoms with van der Waals surface area (Å²) in [6, 6.07) is 0. The largest absolute Gasteiger partial charge is 0.382 e. The van der Waals surface area contributed by atoms with Crippen molar-refractivity contribution in [2.75, 3.05) is 24.7 Å². The fourth-order valence-electron chi connectivity index (χ4n) is 1.90. The van der Waals surface area contributed by atoms with Crippen LogP contribution in [0, 0.1) is 0 Å². The highest BCUT2D eigenvalue weighted by atomic mass is 16.5. The Morgan fingerprint density at radius 1 is 1.25 bits per heavy atom. The quantitative estimate of drug-likeness (QED) is 0.624. The van der Waals surface area contributed by atoms with Gasteiger partial charge in [-0.2, -0.15) is 9.97 Å². The third-order valence-corrected chi connectivity index (χ3v) is 2.73. The second kappa shape index (κ2) is 3.31. The van der Waals surface area contributed by atoms with Crippen LogP contribution in [0.1, 0.15) is 18.2 Å². The molecule has 3 rings (SSSR count). The monoisotopic (exact) mass is 220 g/mol. The number of nitrogens with two attached hydrogens (primary N) is 2. The molecular formula is C9H12N6O. The van der Waals surface area contributed by atoms with E-state index >= 15 is 0 Å². The van der Waals surface area contributed by atoms with Crippen LogP contribution in [0.15, 0.2) is 0 Å². The fraction of sp³-hybridized carbons (Fsp3) is 0.444. The second-order valence-electron chi connectivity index (χ2n) is 3.85. The Balaban J connectivity index is 2.11. The molecule has 2 aromatic rings. The number of aromatic nitrogens is 4. The summed E-state index contributed by atoms with van der Waals surface area (Å²) < 4.78 is 5.31. The number of rotatable bonds is 1. The first-order valence-corrected chi connectivity index (χ1v) is 5.10. The van der Waals surface area contributed by atoms with E-state index in [1.54, 1.807) is 0 Å². The van der Waals surface area contributed by atoms with Gasteiger partial charge in [0, 0.05) is 12.5 Å². The molecule has 2 aromatic heterocycles. The van der Waals surface area contributed by atoms with Crippen molar-refractivity contribution in [3.05, 3.63) is 5.82 Å². The number of hydrogen-bond acceptors (Lipinski definition) is 6. The van der Waals surface area contributed by atoms with Crippen LogP contribution in [-0.2, 0) is 4.74 Å². The van der Waals surface area contributed by atoms with Crippen LogP contribution in [0.3, 0.4) is 0 Å². The van der Waals surface area contributed by atoms with E-state index in [0.717, 1.165) is 18.9 Å². The molecule has 5 N–H and O–H groups in total. The van der Waals surface area contributed by atoms with Gasteiger partial charge in [-0.05, 0) is 6.42 Å². The SMILES string of the molecule is Nc1nc(N)c2[nH]c(C3CCOC3)nc2n1. The molecule has 0 spiro atoms. The average molecular weight is 220 g/mol. The van der Waals surface area contributed by atoms with Gasteiger partial charge in [-0.15, -0.1) is 0 Å². The standard InChI is InChI=1S/C9H12N6O/c10-6-5-8(15-9(11)13-6)14-7(12-5)4-1-2-16-3-4/h4H,1-3H2,(H5,10,11,12,13,14,15). The minimum atomic E-state index is 0.144. The van der Waals surface area contributed by atoms with Gasteiger partial charge in [0.2, 0.25) is 5.95 Å². The first kappa shape index (κ1) is 9.34. The van der Waals surface area contributed by atoms with Gasteiger partial charge in [0.05, 0.1) is 6.61 Å². The molecule has 1 atom stereocenters. The number of nitrogens with zero attached hydrogens (tertiary/aromatic N) is 3. The number of hydrogen-bond donors (Lipinski definition) is 3. The number of H-pyrrole nitrogens is 1. The molecule has 0 saturated carbocycles. The molecule has 1 fully saturated rings. The van der Waals surface area contributed by atoms with Gasteiger partial charge in [0.1, 0.15) is 11.3 Å². The smallest absolute Gasteiger partial charge is 0.224 e. The molecule has 7 heteroatoms. The maximum absolute atomic E-state index is 5.74. The minimum Gasteiger partial charge on any atom is -0.382 e. The van der Waals surface area contributed by atoms with E-state index in [2.05, 4.69) is 19.9 Å². The van der Waals surface area contributed by atoms with Crippen molar-refractivity contribution in [1.82, 2.24) is 19.9 Å². The normalized spacial score (nSPS) is 20.6. The van der Waals surface area contributed by atoms with Crippen LogP contribution in [0.5, 0.6) is 0 Å². The van der Waals surface area contributed by atoms with Gasteiger partial charge in [-0.25, -0.2) is 4.98 Å². The van der Waals surface area contributed by atoms with Gasteiger partial charge in [0.25, 0.3) is 0 Å². The zero-order valence-electron chi connectivity index (χ0n) is 8.60. The number of imidazole rings is 1. The van der Waals surface area contributed by atoms with Crippen molar-refractivity contribution in [2.45, 2.75) is 12.3 Å². The molecule has 7 nitrogen and oxygen atoms in total. The summed E-state index contributed by atoms with van der Waals surface area (Å²) in [4.78, 5) is 15.4. The molecule has 84 valence electrons. The number of aromatic amines is 1. The average Bonchev–Trinajstić information content (AvgIpc) is 2.82. The van der Waals surface area contributed by atoms with E-state index in [1.807, 2.05) is 0 Å². The number of nitrogens with one attached hydrogen (secondary N) is 1. The van der Waals surface area contributed by atoms with E-state index in [0.29, 0.717) is 23.6 Å². The molecule has 1 aliphatic rings. The maximum Gasteiger partial charge on any atom is 0.224 e. The van der Waals surface area contributed by atoms with E-state index < -0.39 is 0 Å². The molecule has 0 aromatic carbocycles. The molecule has 0 radical (unpaired) electrons. The predicted molar refractivity (Wildman–Crippen MR) is 58.7 cm³/mol. The van der Waals surface area contributed by atoms with E-state index in [9.17, 15) is 0 Å². The highest BCUT2D eigenvalue weighted by molar-refractivity contribution is 5.82. The number of anilines is 2. The third-order valence-electron chi connectivity index (χ3n) is 2.73. The lowest BCUT2D eigenvalue weighted by atomic mass is 10.1. The van der Waals surface area contributed by atoms with Crippen molar-refractivity contribution in [1.29, 1.82) is 0 Å². The summed E-state index contributed by atoms with van der Waals surface area (Å²) in [7, 11) is 0. The molecule has 1 aliphatic heterocycles. The summed E-state index contributed by atoms with van der Waals surface area (Å²) in [6.07, 6.45) is 0.961. The fourth-order valence-corrected chi connectivity index (χ4v) is 1.90. The zero-order valence-corrected chi connectivity index (χ0v) is 8.60. The third kappa shape index (κ3) is 1.36. The number of ether oxygens (including phenoxy) is 1. The molecular weight excluding hydrogens is 208 g/mol. The lowest BCUT2D eigenvalue weighted by Gasteiger charge is -2.00. The van der Waals surface area contributed by atoms with Crippen molar-refractivity contribution >= 4 is 22.9 Å². The number of nitrogen functional groups attached to an aromatic ring is 2. The molecule has 1 saturated heterocycles. The topological polar surface area (TPSA) is 116 Å². The summed E-state index contributed by atoms with van der Waals surface area (Å²) >= 11 is 0. The minimum absolute atomic E-state index is 0.144. The van der Waals surface area contributed by atoms with Crippen LogP contribution in [0.2, 0.25) is 0 Å². The molecule has 16 heavy (non-hydrogen) atoms. The van der Waals surface area contributed by atoms with E-state index in [1.165, 1.54) is 0 Å². The molecule has 3 heterocycles. The van der Waals surface area contributed by atoms with E-state index in [-0.39, 0.29) is 11.9 Å². The van der Waals surface area contributed by atoms with Crippen molar-refractivity contribution < 1.29 is 4.74 Å². The molecule has 0 amide bonds. The van der Waals surface area contributed by atoms with Crippen molar-refractivity contribution in [3.8, 4) is 0 Å². The Morgan fingerprint density at radius 2 is 2.12 bits per heavy atom. The molecule has 1 unspecified atom stereocenters. The van der Waals surface area contributed by atoms with Gasteiger partial charge in [0.15, 0.2) is 11.5 Å². The molecule has 0 bridgehead atoms. The lowest BCUT2D eigenvalue weighted by molar-refractivity contribution is 0.193. The second-order valence-corrected chi connectivity index (χ2v) is 3.85. The van der Waals surface area contributed by atoms with Crippen LogP contribution in [0.25, 0.3) is 11.2 Å². The summed E-state index contributed by atoms with van der Waals surface area (Å²) in [5.74, 6) is 1.61. The van der Waals surface area contributed by atoms with Gasteiger partial charge in [-0.3, -0.25) is 0 Å². The zero-order chi connectivity index (χ0) is 11.1. The van der Waals surface area contributed by atoms with Crippen LogP contribution in [-0.4, -0.2) is 33.1 Å². The lowest BCUT2D eigenvalue weighted by Crippen LogP contribution is -1.99. The first-order valence-electron chi connectivity index (χ1n) is 5.10. The first-order chi connectivity index (χ1) is 7.74. The summed E-state index contributed by atoms with van der Waals surface area (Å²) in [6.45, 7) is 1.45. The Morgan fingerprint density at radius 3 is 2.88 bits per heavy atom. The Labute approximate surface area is 91.2 Å². The van der Waals surface area contributed by atoms with Gasteiger partial charge >= 0.3 is 0 Å². The van der Waals surface area contributed by atoms with Crippen molar-refractivity contribution in [3.63, 3.8) is 0 Å². The van der Waals surface area contributed by atoms with Crippen LogP contribution >= 0.6 is 0 Å². The summed E-state index contributed by atoms with van der Waals surface area (Å²) in [5, 5.41) is 0.